The first-order chi connectivity index (χ1) is 16.8. The number of nitrogens with one attached hydrogen (secondary N) is 2. The quantitative estimate of drug-likeness (QED) is 0.318. The highest BCUT2D eigenvalue weighted by molar-refractivity contribution is 7.52. The maximum Gasteiger partial charge on any atom is 0.459 e. The van der Waals surface area contributed by atoms with Crippen LogP contribution in [0.4, 0.5) is 8.78 Å². The Labute approximate surface area is 202 Å². The number of H-pyrrole nitrogens is 1. The number of para-hydroxylation sites is 1. The Morgan fingerprint density at radius 3 is 2.44 bits per heavy atom. The van der Waals surface area contributed by atoms with Crippen molar-refractivity contribution in [1.82, 2.24) is 14.6 Å². The second kappa shape index (κ2) is 9.20. The summed E-state index contributed by atoms with van der Waals surface area (Å²) in [6.45, 7) is 4.51. The molecule has 3 N–H and O–H groups in total. The lowest BCUT2D eigenvalue weighted by atomic mass is 10.1. The van der Waals surface area contributed by atoms with Crippen LogP contribution in [0, 0.1) is 0 Å². The van der Waals surface area contributed by atoms with Crippen LogP contribution >= 0.6 is 7.75 Å². The van der Waals surface area contributed by atoms with E-state index in [0.717, 1.165) is 12.3 Å². The lowest BCUT2D eigenvalue weighted by Crippen LogP contribution is -2.47. The number of aliphatic hydroxyl groups is 1. The summed E-state index contributed by atoms with van der Waals surface area (Å²) >= 11 is 0. The maximum atomic E-state index is 15.2. The zero-order chi connectivity index (χ0) is 26.5. The zero-order valence-electron chi connectivity index (χ0n) is 19.3. The minimum absolute atomic E-state index is 0.0286. The number of aromatic amines is 1. The van der Waals surface area contributed by atoms with Crippen LogP contribution in [0.2, 0.25) is 0 Å². The molecule has 0 bridgehead atoms. The summed E-state index contributed by atoms with van der Waals surface area (Å²) < 4.78 is 65.5. The van der Waals surface area contributed by atoms with E-state index in [1.54, 1.807) is 32.0 Å². The van der Waals surface area contributed by atoms with E-state index in [1.807, 2.05) is 4.98 Å². The van der Waals surface area contributed by atoms with Crippen molar-refractivity contribution >= 4 is 13.7 Å². The summed E-state index contributed by atoms with van der Waals surface area (Å²) in [6.07, 6.45) is -5.50. The molecule has 1 saturated carbocycles. The first-order valence-electron chi connectivity index (χ1n) is 10.9. The second-order valence-corrected chi connectivity index (χ2v) is 10.3. The fourth-order valence-electron chi connectivity index (χ4n) is 3.75. The van der Waals surface area contributed by atoms with Crippen LogP contribution in [0.1, 0.15) is 27.0 Å². The monoisotopic (exact) mass is 531 g/mol. The Bertz CT molecular complexity index is 1300. The number of carbonyl (C=O) groups is 1. The van der Waals surface area contributed by atoms with Crippen LogP contribution in [0.15, 0.2) is 52.2 Å². The molecule has 1 aliphatic heterocycles. The Balaban J connectivity index is 1.57. The standard InChI is InChI=1S/C21H24F2N3O9P/c1-11(2)32-17(28)12(3)25-36(31,34-13-7-5-4-6-8-13)35-16-15-20(16,30)21(22,23)18(33-15)26-10-9-14(27)24-19(26)29/h4-12,15-16,18,30H,1-3H3,(H,25,31)(H,24,27,29)/t12-,15-,16?,18-,20+,36?/m1/s1. The summed E-state index contributed by atoms with van der Waals surface area (Å²) in [5, 5.41) is 13.1. The van der Waals surface area contributed by atoms with Crippen molar-refractivity contribution in [3.63, 3.8) is 0 Å². The van der Waals surface area contributed by atoms with Crippen LogP contribution in [0.5, 0.6) is 5.75 Å². The van der Waals surface area contributed by atoms with E-state index >= 15 is 8.78 Å². The smallest absolute Gasteiger partial charge is 0.459 e. The molecule has 6 atom stereocenters. The van der Waals surface area contributed by atoms with Gasteiger partial charge in [0.2, 0.25) is 6.23 Å². The van der Waals surface area contributed by atoms with E-state index in [4.69, 9.17) is 18.5 Å². The van der Waals surface area contributed by atoms with E-state index < -0.39 is 67.1 Å². The number of esters is 1. The van der Waals surface area contributed by atoms with Crippen molar-refractivity contribution in [2.45, 2.75) is 62.9 Å². The lowest BCUT2D eigenvalue weighted by Gasteiger charge is -2.29. The predicted octanol–water partition coefficient (Wildman–Crippen LogP) is 1.32. The minimum atomic E-state index is -4.59. The summed E-state index contributed by atoms with van der Waals surface area (Å²) in [5.74, 6) is -4.88. The van der Waals surface area contributed by atoms with Crippen molar-refractivity contribution in [2.24, 2.45) is 0 Å². The van der Waals surface area contributed by atoms with Gasteiger partial charge in [0, 0.05) is 12.3 Å². The molecule has 1 aromatic heterocycles. The number of benzene rings is 1. The molecule has 196 valence electrons. The third kappa shape index (κ3) is 4.62. The molecular formula is C21H24F2N3O9P. The number of hydrogen-bond donors (Lipinski definition) is 3. The van der Waals surface area contributed by atoms with E-state index in [9.17, 15) is 24.1 Å². The molecule has 2 unspecified atom stereocenters. The van der Waals surface area contributed by atoms with Gasteiger partial charge >= 0.3 is 25.3 Å². The Morgan fingerprint density at radius 2 is 1.89 bits per heavy atom. The van der Waals surface area contributed by atoms with Crippen LogP contribution in [-0.2, 0) is 23.4 Å². The largest absolute Gasteiger partial charge is 0.462 e. The third-order valence-corrected chi connectivity index (χ3v) is 7.19. The van der Waals surface area contributed by atoms with Gasteiger partial charge in [0.25, 0.3) is 5.56 Å². The van der Waals surface area contributed by atoms with Crippen molar-refractivity contribution in [3.05, 3.63) is 63.4 Å². The van der Waals surface area contributed by atoms with Crippen LogP contribution in [0.3, 0.4) is 0 Å². The van der Waals surface area contributed by atoms with E-state index in [-0.39, 0.29) is 5.75 Å². The van der Waals surface area contributed by atoms with Gasteiger partial charge in [-0.2, -0.15) is 13.9 Å². The number of nitrogens with zero attached hydrogens (tertiary/aromatic N) is 1. The molecule has 12 nitrogen and oxygen atoms in total. The number of halogens is 2. The van der Waals surface area contributed by atoms with E-state index in [2.05, 4.69) is 5.09 Å². The average molecular weight is 531 g/mol. The number of rotatable bonds is 9. The zero-order valence-corrected chi connectivity index (χ0v) is 20.2. The molecule has 2 fully saturated rings. The molecule has 0 radical (unpaired) electrons. The number of carbonyl (C=O) groups excluding carboxylic acids is 1. The third-order valence-electron chi connectivity index (χ3n) is 5.54. The Hall–Kier alpha value is -2.90. The normalized spacial score (nSPS) is 28.7. The van der Waals surface area contributed by atoms with Gasteiger partial charge in [-0.1, -0.05) is 18.2 Å². The van der Waals surface area contributed by atoms with Gasteiger partial charge in [0.05, 0.1) is 6.10 Å². The van der Waals surface area contributed by atoms with Gasteiger partial charge in [-0.3, -0.25) is 23.7 Å². The highest BCUT2D eigenvalue weighted by Crippen LogP contribution is 2.66. The van der Waals surface area contributed by atoms with E-state index in [0.29, 0.717) is 4.57 Å². The summed E-state index contributed by atoms with van der Waals surface area (Å²) in [5.41, 5.74) is -4.96. The van der Waals surface area contributed by atoms with Gasteiger partial charge in [-0.25, -0.2) is 9.36 Å². The van der Waals surface area contributed by atoms with Crippen molar-refractivity contribution < 1.29 is 41.8 Å². The van der Waals surface area contributed by atoms with E-state index in [1.165, 1.54) is 19.1 Å². The molecule has 1 aliphatic carbocycles. The molecular weight excluding hydrogens is 507 g/mol. The molecule has 1 saturated heterocycles. The highest BCUT2D eigenvalue weighted by atomic mass is 31.2. The highest BCUT2D eigenvalue weighted by Gasteiger charge is 2.88. The number of alkyl halides is 2. The fraction of sp³-hybridized carbons (Fsp3) is 0.476. The Morgan fingerprint density at radius 1 is 1.22 bits per heavy atom. The number of aromatic nitrogens is 2. The molecule has 4 rings (SSSR count). The molecule has 0 amide bonds. The van der Waals surface area contributed by atoms with Gasteiger partial charge in [0.15, 0.2) is 5.60 Å². The van der Waals surface area contributed by atoms with Gasteiger partial charge in [0.1, 0.15) is 24.0 Å². The van der Waals surface area contributed by atoms with Crippen LogP contribution in [0.25, 0.3) is 0 Å². The predicted molar refractivity (Wildman–Crippen MR) is 119 cm³/mol. The number of ether oxygens (including phenoxy) is 2. The molecule has 15 heteroatoms. The molecule has 2 heterocycles. The van der Waals surface area contributed by atoms with Crippen molar-refractivity contribution in [1.29, 1.82) is 0 Å². The molecule has 2 aliphatic rings. The summed E-state index contributed by atoms with van der Waals surface area (Å²) in [4.78, 5) is 37.3. The summed E-state index contributed by atoms with van der Waals surface area (Å²) in [6, 6.07) is 7.19. The van der Waals surface area contributed by atoms with Gasteiger partial charge in [-0.05, 0) is 32.9 Å². The molecule has 1 aromatic carbocycles. The number of hydrogen-bond acceptors (Lipinski definition) is 9. The molecule has 0 spiro atoms. The van der Waals surface area contributed by atoms with Crippen molar-refractivity contribution in [2.75, 3.05) is 0 Å². The maximum absolute atomic E-state index is 15.2. The lowest BCUT2D eigenvalue weighted by molar-refractivity contribution is -0.195. The summed E-state index contributed by atoms with van der Waals surface area (Å²) in [7, 11) is -4.59. The van der Waals surface area contributed by atoms with Gasteiger partial charge in [-0.15, -0.1) is 0 Å². The van der Waals surface area contributed by atoms with Gasteiger partial charge < -0.3 is 19.1 Å². The minimum Gasteiger partial charge on any atom is -0.462 e. The Kier molecular flexibility index (Phi) is 6.69. The SMILES string of the molecule is CC(C)OC(=O)[C@@H](C)NP(=O)(Oc1ccccc1)OC1[C@H]2O[C@@H](n3ccc(=O)[nH]c3=O)C(F)(F)[C@@]12O. The molecule has 2 aromatic rings. The van der Waals surface area contributed by atoms with Crippen LogP contribution in [-0.4, -0.2) is 56.5 Å². The fourth-order valence-corrected chi connectivity index (χ4v) is 5.46. The molecule has 36 heavy (non-hydrogen) atoms. The second-order valence-electron chi connectivity index (χ2n) is 8.64. The number of fused-ring (bicyclic) bond motifs is 1. The first kappa shape index (κ1) is 26.2. The van der Waals surface area contributed by atoms with Crippen LogP contribution < -0.4 is 20.9 Å². The average Bonchev–Trinajstić information content (AvgIpc) is 3.27. The van der Waals surface area contributed by atoms with Crippen molar-refractivity contribution in [3.8, 4) is 5.75 Å². The topological polar surface area (TPSA) is 158 Å². The first-order valence-corrected chi connectivity index (χ1v) is 12.4.